The summed E-state index contributed by atoms with van der Waals surface area (Å²) < 4.78 is 11.6. The van der Waals surface area contributed by atoms with Gasteiger partial charge in [-0.2, -0.15) is 0 Å². The molecule has 2 bridgehead atoms. The summed E-state index contributed by atoms with van der Waals surface area (Å²) in [6, 6.07) is 0.602. The van der Waals surface area contributed by atoms with Crippen molar-refractivity contribution in [3.05, 3.63) is 12.2 Å². The summed E-state index contributed by atoms with van der Waals surface area (Å²) in [5.74, 6) is 2.65. The van der Waals surface area contributed by atoms with Crippen LogP contribution < -0.4 is 0 Å². The molecule has 6 unspecified atom stereocenters. The number of hydrogen-bond donors (Lipinski definition) is 0. The first kappa shape index (κ1) is 13.3. The summed E-state index contributed by atoms with van der Waals surface area (Å²) >= 11 is 0. The molecule has 0 spiro atoms. The molecule has 0 amide bonds. The van der Waals surface area contributed by atoms with Gasteiger partial charge in [-0.05, 0) is 49.9 Å². The van der Waals surface area contributed by atoms with Gasteiger partial charge in [-0.3, -0.25) is 4.90 Å². The standard InChI is InChI=1S/C17H27NO2/c1-19-15-4-5-17-16(10-15)18(6-7-20-17)11-14-9-12-2-3-13(14)8-12/h2-3,12-17H,4-11H2,1H3. The molecule has 1 saturated heterocycles. The number of nitrogens with zero attached hydrogens (tertiary/aromatic N) is 1. The average molecular weight is 277 g/mol. The van der Waals surface area contributed by atoms with Crippen molar-refractivity contribution in [2.75, 3.05) is 26.8 Å². The van der Waals surface area contributed by atoms with E-state index in [0.29, 0.717) is 18.2 Å². The highest BCUT2D eigenvalue weighted by Crippen LogP contribution is 2.44. The lowest BCUT2D eigenvalue weighted by atomic mass is 9.86. The van der Waals surface area contributed by atoms with E-state index < -0.39 is 0 Å². The monoisotopic (exact) mass is 277 g/mol. The summed E-state index contributed by atoms with van der Waals surface area (Å²) in [4.78, 5) is 2.73. The van der Waals surface area contributed by atoms with E-state index in [0.717, 1.165) is 37.3 Å². The largest absolute Gasteiger partial charge is 0.381 e. The Hall–Kier alpha value is -0.380. The molecule has 4 rings (SSSR count). The highest BCUT2D eigenvalue weighted by molar-refractivity contribution is 5.10. The number of methoxy groups -OCH3 is 1. The minimum Gasteiger partial charge on any atom is -0.381 e. The molecule has 0 aromatic carbocycles. The third-order valence-electron chi connectivity index (χ3n) is 6.10. The first-order valence-electron chi connectivity index (χ1n) is 8.40. The molecule has 4 aliphatic rings. The molecule has 1 heterocycles. The SMILES string of the molecule is COC1CCC2OCCN(CC3CC4C=CC3C4)C2C1. The molecule has 1 aliphatic heterocycles. The molecule has 3 aliphatic carbocycles. The van der Waals surface area contributed by atoms with Crippen LogP contribution in [0, 0.1) is 17.8 Å². The Morgan fingerprint density at radius 2 is 2.15 bits per heavy atom. The van der Waals surface area contributed by atoms with E-state index in [1.165, 1.54) is 32.2 Å². The second-order valence-corrected chi connectivity index (χ2v) is 7.18. The Kier molecular flexibility index (Phi) is 3.61. The van der Waals surface area contributed by atoms with Gasteiger partial charge in [-0.15, -0.1) is 0 Å². The predicted molar refractivity (Wildman–Crippen MR) is 78.6 cm³/mol. The molecule has 0 aromatic heterocycles. The summed E-state index contributed by atoms with van der Waals surface area (Å²) in [6.07, 6.45) is 12.2. The van der Waals surface area contributed by atoms with Crippen molar-refractivity contribution in [2.24, 2.45) is 17.8 Å². The third kappa shape index (κ3) is 2.34. The zero-order valence-corrected chi connectivity index (χ0v) is 12.5. The molecule has 112 valence electrons. The first-order chi connectivity index (χ1) is 9.83. The topological polar surface area (TPSA) is 21.7 Å². The van der Waals surface area contributed by atoms with Crippen LogP contribution in [0.1, 0.15) is 32.1 Å². The quantitative estimate of drug-likeness (QED) is 0.740. The number of ether oxygens (including phenoxy) is 2. The van der Waals surface area contributed by atoms with Gasteiger partial charge in [0.1, 0.15) is 0 Å². The van der Waals surface area contributed by atoms with Gasteiger partial charge in [0.2, 0.25) is 0 Å². The summed E-state index contributed by atoms with van der Waals surface area (Å²) in [5.41, 5.74) is 0. The van der Waals surface area contributed by atoms with E-state index in [-0.39, 0.29) is 0 Å². The van der Waals surface area contributed by atoms with Gasteiger partial charge in [0, 0.05) is 26.2 Å². The van der Waals surface area contributed by atoms with Crippen LogP contribution in [0.15, 0.2) is 12.2 Å². The minimum atomic E-state index is 0.445. The highest BCUT2D eigenvalue weighted by Gasteiger charge is 2.41. The Morgan fingerprint density at radius 3 is 2.90 bits per heavy atom. The normalized spacial score (nSPS) is 47.6. The Labute approximate surface area is 122 Å². The van der Waals surface area contributed by atoms with E-state index >= 15 is 0 Å². The molecular formula is C17H27NO2. The van der Waals surface area contributed by atoms with Crippen LogP contribution in [0.3, 0.4) is 0 Å². The van der Waals surface area contributed by atoms with E-state index in [4.69, 9.17) is 9.47 Å². The van der Waals surface area contributed by atoms with Crippen LogP contribution >= 0.6 is 0 Å². The number of allylic oxidation sites excluding steroid dienone is 2. The highest BCUT2D eigenvalue weighted by atomic mass is 16.5. The van der Waals surface area contributed by atoms with Gasteiger partial charge < -0.3 is 9.47 Å². The maximum absolute atomic E-state index is 6.02. The molecule has 3 heteroatoms. The fraction of sp³-hybridized carbons (Fsp3) is 0.882. The van der Waals surface area contributed by atoms with Gasteiger partial charge in [-0.1, -0.05) is 12.2 Å². The van der Waals surface area contributed by atoms with Gasteiger partial charge in [-0.25, -0.2) is 0 Å². The van der Waals surface area contributed by atoms with Crippen molar-refractivity contribution in [3.8, 4) is 0 Å². The van der Waals surface area contributed by atoms with Crippen LogP contribution in [0.25, 0.3) is 0 Å². The van der Waals surface area contributed by atoms with Gasteiger partial charge >= 0.3 is 0 Å². The first-order valence-corrected chi connectivity index (χ1v) is 8.40. The number of hydrogen-bond acceptors (Lipinski definition) is 3. The number of fused-ring (bicyclic) bond motifs is 3. The smallest absolute Gasteiger partial charge is 0.0732 e. The van der Waals surface area contributed by atoms with E-state index in [9.17, 15) is 0 Å². The van der Waals surface area contributed by atoms with Crippen molar-refractivity contribution in [1.82, 2.24) is 4.90 Å². The van der Waals surface area contributed by atoms with Crippen molar-refractivity contribution in [3.63, 3.8) is 0 Å². The molecule has 3 fully saturated rings. The second-order valence-electron chi connectivity index (χ2n) is 7.18. The zero-order valence-electron chi connectivity index (χ0n) is 12.5. The fourth-order valence-corrected chi connectivity index (χ4v) is 4.99. The minimum absolute atomic E-state index is 0.445. The number of rotatable bonds is 3. The second kappa shape index (κ2) is 5.43. The van der Waals surface area contributed by atoms with Crippen molar-refractivity contribution in [2.45, 2.75) is 50.4 Å². The lowest BCUT2D eigenvalue weighted by molar-refractivity contribution is -0.117. The van der Waals surface area contributed by atoms with Crippen LogP contribution in [-0.2, 0) is 9.47 Å². The Bertz CT molecular complexity index is 383. The van der Waals surface area contributed by atoms with Crippen LogP contribution in [0.5, 0.6) is 0 Å². The Balaban J connectivity index is 1.42. The summed E-state index contributed by atoms with van der Waals surface area (Å²) in [5, 5.41) is 0. The molecule has 0 aromatic rings. The van der Waals surface area contributed by atoms with Crippen LogP contribution in [0.4, 0.5) is 0 Å². The predicted octanol–water partition coefficient (Wildman–Crippen LogP) is 2.47. The Morgan fingerprint density at radius 1 is 1.20 bits per heavy atom. The van der Waals surface area contributed by atoms with E-state index in [1.807, 2.05) is 7.11 Å². The van der Waals surface area contributed by atoms with Crippen molar-refractivity contribution in [1.29, 1.82) is 0 Å². The van der Waals surface area contributed by atoms with E-state index in [2.05, 4.69) is 17.1 Å². The molecule has 3 nitrogen and oxygen atoms in total. The average Bonchev–Trinajstić information content (AvgIpc) is 3.10. The molecule has 2 saturated carbocycles. The fourth-order valence-electron chi connectivity index (χ4n) is 4.99. The maximum Gasteiger partial charge on any atom is 0.0732 e. The molecule has 0 radical (unpaired) electrons. The number of morpholine rings is 1. The summed E-state index contributed by atoms with van der Waals surface area (Å²) in [7, 11) is 1.86. The van der Waals surface area contributed by atoms with Crippen molar-refractivity contribution < 1.29 is 9.47 Å². The van der Waals surface area contributed by atoms with Gasteiger partial charge in [0.15, 0.2) is 0 Å². The van der Waals surface area contributed by atoms with Crippen LogP contribution in [-0.4, -0.2) is 50.0 Å². The zero-order chi connectivity index (χ0) is 13.5. The van der Waals surface area contributed by atoms with Gasteiger partial charge in [0.05, 0.1) is 18.8 Å². The van der Waals surface area contributed by atoms with Crippen molar-refractivity contribution >= 4 is 0 Å². The summed E-state index contributed by atoms with van der Waals surface area (Å²) in [6.45, 7) is 3.33. The maximum atomic E-state index is 6.02. The molecule has 20 heavy (non-hydrogen) atoms. The van der Waals surface area contributed by atoms with E-state index in [1.54, 1.807) is 0 Å². The van der Waals surface area contributed by atoms with Crippen LogP contribution in [0.2, 0.25) is 0 Å². The third-order valence-corrected chi connectivity index (χ3v) is 6.10. The lowest BCUT2D eigenvalue weighted by Crippen LogP contribution is -2.56. The molecular weight excluding hydrogens is 250 g/mol. The molecule has 6 atom stereocenters. The lowest BCUT2D eigenvalue weighted by Gasteiger charge is -2.46. The van der Waals surface area contributed by atoms with Gasteiger partial charge in [0.25, 0.3) is 0 Å². The molecule has 0 N–H and O–H groups in total.